The molecular weight excluding hydrogens is 278 g/mol. The van der Waals surface area contributed by atoms with Crippen molar-refractivity contribution >= 4 is 17.6 Å². The van der Waals surface area contributed by atoms with Crippen LogP contribution in [0.5, 0.6) is 0 Å². The molecule has 0 bridgehead atoms. The largest absolute Gasteiger partial charge is 0.475 e. The van der Waals surface area contributed by atoms with E-state index in [2.05, 4.69) is 5.32 Å². The van der Waals surface area contributed by atoms with Crippen molar-refractivity contribution in [3.8, 4) is 0 Å². The third-order valence-corrected chi connectivity index (χ3v) is 3.55. The molecule has 0 saturated carbocycles. The van der Waals surface area contributed by atoms with Gasteiger partial charge in [-0.1, -0.05) is 29.8 Å². The van der Waals surface area contributed by atoms with Crippen LogP contribution in [0.1, 0.15) is 40.4 Å². The van der Waals surface area contributed by atoms with Gasteiger partial charge in [-0.15, -0.1) is 0 Å². The molecule has 0 aliphatic carbocycles. The first kappa shape index (κ1) is 14.6. The highest BCUT2D eigenvalue weighted by molar-refractivity contribution is 6.31. The normalized spacial score (nSPS) is 12.3. The molecule has 0 spiro atoms. The number of hydrogen-bond donors (Lipinski definition) is 2. The second kappa shape index (κ2) is 6.11. The molecule has 0 radical (unpaired) electrons. The summed E-state index contributed by atoms with van der Waals surface area (Å²) in [4.78, 5) is 10.8. The Kier molecular flexibility index (Phi) is 4.47. The maximum Gasteiger partial charge on any atom is 0.371 e. The van der Waals surface area contributed by atoms with Crippen LogP contribution in [0, 0.1) is 6.92 Å². The molecule has 2 rings (SSSR count). The van der Waals surface area contributed by atoms with Crippen molar-refractivity contribution in [3.05, 3.63) is 58.0 Å². The Balaban J connectivity index is 2.05. The van der Waals surface area contributed by atoms with Crippen LogP contribution in [0.4, 0.5) is 0 Å². The van der Waals surface area contributed by atoms with Crippen molar-refractivity contribution < 1.29 is 14.3 Å². The molecule has 1 aromatic carbocycles. The van der Waals surface area contributed by atoms with E-state index in [1.54, 1.807) is 13.0 Å². The first-order valence-corrected chi connectivity index (χ1v) is 6.67. The van der Waals surface area contributed by atoms with Gasteiger partial charge >= 0.3 is 5.97 Å². The van der Waals surface area contributed by atoms with E-state index in [-0.39, 0.29) is 11.8 Å². The molecule has 2 N–H and O–H groups in total. The number of furan rings is 1. The van der Waals surface area contributed by atoms with Crippen LogP contribution in [0.15, 0.2) is 34.7 Å². The van der Waals surface area contributed by atoms with Gasteiger partial charge in [0.25, 0.3) is 0 Å². The predicted molar refractivity (Wildman–Crippen MR) is 77.1 cm³/mol. The Morgan fingerprint density at radius 3 is 2.75 bits per heavy atom. The highest BCUT2D eigenvalue weighted by Crippen LogP contribution is 2.23. The van der Waals surface area contributed by atoms with Crippen LogP contribution >= 0.6 is 11.6 Å². The Bertz CT molecular complexity index is 621. The van der Waals surface area contributed by atoms with Gasteiger partial charge in [0, 0.05) is 23.2 Å². The van der Waals surface area contributed by atoms with Crippen LogP contribution in [0.25, 0.3) is 0 Å². The lowest BCUT2D eigenvalue weighted by Crippen LogP contribution is -2.18. The van der Waals surface area contributed by atoms with E-state index >= 15 is 0 Å². The molecule has 0 aliphatic rings. The highest BCUT2D eigenvalue weighted by atomic mass is 35.5. The number of carboxylic acid groups (broad SMARTS) is 1. The van der Waals surface area contributed by atoms with Gasteiger partial charge in [-0.05, 0) is 31.5 Å². The van der Waals surface area contributed by atoms with Gasteiger partial charge in [0.15, 0.2) is 0 Å². The molecule has 1 atom stereocenters. The summed E-state index contributed by atoms with van der Waals surface area (Å²) in [6.45, 7) is 4.29. The van der Waals surface area contributed by atoms with Crippen molar-refractivity contribution in [1.29, 1.82) is 0 Å². The van der Waals surface area contributed by atoms with E-state index in [1.807, 2.05) is 31.2 Å². The molecule has 5 heteroatoms. The fraction of sp³-hybridized carbons (Fsp3) is 0.267. The molecular formula is C15H16ClNO3. The summed E-state index contributed by atoms with van der Waals surface area (Å²) >= 11 is 6.14. The van der Waals surface area contributed by atoms with E-state index in [0.717, 1.165) is 11.1 Å². The lowest BCUT2D eigenvalue weighted by molar-refractivity contribution is 0.0661. The number of aromatic carboxylic acids is 1. The van der Waals surface area contributed by atoms with E-state index in [0.29, 0.717) is 17.3 Å². The maximum atomic E-state index is 10.8. The summed E-state index contributed by atoms with van der Waals surface area (Å²) in [6, 6.07) is 9.24. The van der Waals surface area contributed by atoms with Gasteiger partial charge in [0.05, 0.1) is 0 Å². The van der Waals surface area contributed by atoms with Gasteiger partial charge in [0.2, 0.25) is 5.76 Å². The van der Waals surface area contributed by atoms with Crippen LogP contribution < -0.4 is 5.32 Å². The zero-order valence-electron chi connectivity index (χ0n) is 11.3. The molecule has 0 saturated heterocycles. The quantitative estimate of drug-likeness (QED) is 0.880. The van der Waals surface area contributed by atoms with E-state index in [4.69, 9.17) is 21.1 Å². The van der Waals surface area contributed by atoms with E-state index in [9.17, 15) is 4.79 Å². The fourth-order valence-corrected chi connectivity index (χ4v) is 2.30. The highest BCUT2D eigenvalue weighted by Gasteiger charge is 2.14. The van der Waals surface area contributed by atoms with Crippen molar-refractivity contribution in [2.45, 2.75) is 26.4 Å². The summed E-state index contributed by atoms with van der Waals surface area (Å²) in [5, 5.41) is 12.9. The average molecular weight is 294 g/mol. The predicted octanol–water partition coefficient (Wildman–Crippen LogP) is 3.79. The summed E-state index contributed by atoms with van der Waals surface area (Å²) in [5.41, 5.74) is 1.84. The summed E-state index contributed by atoms with van der Waals surface area (Å²) in [7, 11) is 0. The minimum absolute atomic E-state index is 0.0373. The first-order valence-electron chi connectivity index (χ1n) is 6.29. The Hall–Kier alpha value is -1.78. The number of halogens is 1. The number of hydrogen-bond acceptors (Lipinski definition) is 3. The molecule has 0 fully saturated rings. The summed E-state index contributed by atoms with van der Waals surface area (Å²) < 4.78 is 5.17. The SMILES string of the molecule is Cc1oc(C(=O)O)cc1CNC(C)c1ccccc1Cl. The minimum Gasteiger partial charge on any atom is -0.475 e. The Morgan fingerprint density at radius 2 is 2.15 bits per heavy atom. The molecule has 1 heterocycles. The number of carboxylic acids is 1. The molecule has 0 aliphatic heterocycles. The molecule has 20 heavy (non-hydrogen) atoms. The van der Waals surface area contributed by atoms with Crippen molar-refractivity contribution in [2.75, 3.05) is 0 Å². The second-order valence-corrected chi connectivity index (χ2v) is 5.03. The number of rotatable bonds is 5. The Morgan fingerprint density at radius 1 is 1.45 bits per heavy atom. The molecule has 4 nitrogen and oxygen atoms in total. The smallest absolute Gasteiger partial charge is 0.371 e. The Labute approximate surface area is 122 Å². The van der Waals surface area contributed by atoms with Crippen LogP contribution in [-0.2, 0) is 6.54 Å². The van der Waals surface area contributed by atoms with E-state index < -0.39 is 5.97 Å². The van der Waals surface area contributed by atoms with Gasteiger partial charge in [-0.2, -0.15) is 0 Å². The van der Waals surface area contributed by atoms with Gasteiger partial charge in [-0.3, -0.25) is 0 Å². The molecule has 1 unspecified atom stereocenters. The van der Waals surface area contributed by atoms with Crippen molar-refractivity contribution in [1.82, 2.24) is 5.32 Å². The molecule has 1 aromatic heterocycles. The van der Waals surface area contributed by atoms with Crippen LogP contribution in [0.3, 0.4) is 0 Å². The number of nitrogens with one attached hydrogen (secondary N) is 1. The second-order valence-electron chi connectivity index (χ2n) is 4.62. The monoisotopic (exact) mass is 293 g/mol. The minimum atomic E-state index is -1.06. The van der Waals surface area contributed by atoms with Crippen LogP contribution in [0.2, 0.25) is 5.02 Å². The zero-order valence-corrected chi connectivity index (χ0v) is 12.1. The van der Waals surface area contributed by atoms with Gasteiger partial charge in [-0.25, -0.2) is 4.79 Å². The summed E-state index contributed by atoms with van der Waals surface area (Å²) in [6.07, 6.45) is 0. The first-order chi connectivity index (χ1) is 9.49. The molecule has 106 valence electrons. The fourth-order valence-electron chi connectivity index (χ4n) is 2.00. The third-order valence-electron chi connectivity index (χ3n) is 3.20. The molecule has 0 amide bonds. The summed E-state index contributed by atoms with van der Waals surface area (Å²) in [5.74, 6) is -0.482. The number of benzene rings is 1. The molecule has 2 aromatic rings. The number of aryl methyl sites for hydroxylation is 1. The lowest BCUT2D eigenvalue weighted by Gasteiger charge is -2.15. The van der Waals surface area contributed by atoms with Crippen molar-refractivity contribution in [3.63, 3.8) is 0 Å². The topological polar surface area (TPSA) is 62.5 Å². The number of carbonyl (C=O) groups is 1. The van der Waals surface area contributed by atoms with Gasteiger partial charge < -0.3 is 14.8 Å². The van der Waals surface area contributed by atoms with Crippen molar-refractivity contribution in [2.24, 2.45) is 0 Å². The third kappa shape index (κ3) is 3.21. The van der Waals surface area contributed by atoms with Crippen LogP contribution in [-0.4, -0.2) is 11.1 Å². The van der Waals surface area contributed by atoms with Gasteiger partial charge in [0.1, 0.15) is 5.76 Å². The average Bonchev–Trinajstić information content (AvgIpc) is 2.78. The standard InChI is InChI=1S/C15H16ClNO3/c1-9(12-5-3-4-6-13(12)16)17-8-11-7-14(15(18)19)20-10(11)2/h3-7,9,17H,8H2,1-2H3,(H,18,19). The lowest BCUT2D eigenvalue weighted by atomic mass is 10.1. The van der Waals surface area contributed by atoms with E-state index in [1.165, 1.54) is 0 Å². The maximum absolute atomic E-state index is 10.8. The zero-order chi connectivity index (χ0) is 14.7.